The van der Waals surface area contributed by atoms with Gasteiger partial charge < -0.3 is 0 Å². The predicted octanol–water partition coefficient (Wildman–Crippen LogP) is 1.65. The van der Waals surface area contributed by atoms with Crippen molar-refractivity contribution in [1.82, 2.24) is 14.9 Å². The highest BCUT2D eigenvalue weighted by atomic mass is 35.5. The number of alkyl halides is 2. The van der Waals surface area contributed by atoms with E-state index in [1.165, 1.54) is 0 Å². The molecule has 2 aliphatic rings. The van der Waals surface area contributed by atoms with Crippen LogP contribution in [0.1, 0.15) is 22.9 Å². The number of rotatable bonds is 0. The Hall–Kier alpha value is -0.380. The fourth-order valence-corrected chi connectivity index (χ4v) is 2.55. The molecule has 3 heterocycles. The van der Waals surface area contributed by atoms with Crippen LogP contribution in [0.5, 0.6) is 0 Å². The Balaban J connectivity index is 2.16. The number of fused-ring (bicyclic) bond motifs is 3. The first kappa shape index (κ1) is 7.06. The van der Waals surface area contributed by atoms with Crippen molar-refractivity contribution in [3.8, 4) is 0 Å². The Labute approximate surface area is 79.3 Å². The van der Waals surface area contributed by atoms with Gasteiger partial charge in [0.15, 0.2) is 0 Å². The summed E-state index contributed by atoms with van der Waals surface area (Å²) in [6.07, 6.45) is 3.33. The van der Waals surface area contributed by atoms with E-state index in [0.717, 1.165) is 11.4 Å². The fourth-order valence-electron chi connectivity index (χ4n) is 1.67. The van der Waals surface area contributed by atoms with E-state index >= 15 is 0 Å². The Morgan fingerprint density at radius 2 is 1.83 bits per heavy atom. The second kappa shape index (κ2) is 2.10. The maximum absolute atomic E-state index is 6.07. The third kappa shape index (κ3) is 0.672. The van der Waals surface area contributed by atoms with Crippen molar-refractivity contribution in [1.29, 1.82) is 0 Å². The van der Waals surface area contributed by atoms with Gasteiger partial charge in [0.25, 0.3) is 0 Å². The minimum Gasteiger partial charge on any atom is -0.256 e. The molecule has 4 atom stereocenters. The molecule has 0 aliphatic carbocycles. The van der Waals surface area contributed by atoms with E-state index in [2.05, 4.69) is 9.97 Å². The van der Waals surface area contributed by atoms with Crippen molar-refractivity contribution in [3.05, 3.63) is 23.8 Å². The fraction of sp³-hybridized carbons (Fsp3) is 0.429. The first-order valence-corrected chi connectivity index (χ1v) is 4.54. The molecule has 3 nitrogen and oxygen atoms in total. The van der Waals surface area contributed by atoms with E-state index in [-0.39, 0.29) is 17.0 Å². The summed E-state index contributed by atoms with van der Waals surface area (Å²) < 4.78 is 0. The molecule has 5 heteroatoms. The molecule has 1 aromatic heterocycles. The van der Waals surface area contributed by atoms with Crippen molar-refractivity contribution in [3.63, 3.8) is 0 Å². The number of nitrogens with zero attached hydrogens (tertiary/aromatic N) is 3. The first-order valence-electron chi connectivity index (χ1n) is 3.67. The quantitative estimate of drug-likeness (QED) is 0.364. The summed E-state index contributed by atoms with van der Waals surface area (Å²) >= 11 is 12.0. The van der Waals surface area contributed by atoms with Gasteiger partial charge in [-0.15, -0.1) is 11.6 Å². The Bertz CT molecular complexity index is 341. The van der Waals surface area contributed by atoms with Crippen molar-refractivity contribution >= 4 is 23.2 Å². The van der Waals surface area contributed by atoms with E-state index in [9.17, 15) is 0 Å². The molecule has 4 unspecified atom stereocenters. The van der Waals surface area contributed by atoms with Crippen LogP contribution in [0.15, 0.2) is 12.4 Å². The maximum atomic E-state index is 6.07. The highest BCUT2D eigenvalue weighted by Crippen LogP contribution is 2.58. The molecular weight excluding hydrogens is 197 g/mol. The van der Waals surface area contributed by atoms with Crippen LogP contribution < -0.4 is 0 Å². The SMILES string of the molecule is ClC1c2nccnc2C2C(Cl)N12. The van der Waals surface area contributed by atoms with E-state index in [1.54, 1.807) is 12.4 Å². The lowest BCUT2D eigenvalue weighted by molar-refractivity contribution is 0.509. The molecular formula is C7H5Cl2N3. The minimum atomic E-state index is -0.179. The van der Waals surface area contributed by atoms with Gasteiger partial charge in [-0.2, -0.15) is 0 Å². The summed E-state index contributed by atoms with van der Waals surface area (Å²) in [4.78, 5) is 10.4. The van der Waals surface area contributed by atoms with Crippen molar-refractivity contribution in [2.24, 2.45) is 0 Å². The number of hydrogen-bond donors (Lipinski definition) is 0. The van der Waals surface area contributed by atoms with Gasteiger partial charge in [-0.25, -0.2) is 0 Å². The molecule has 1 fully saturated rings. The summed E-state index contributed by atoms with van der Waals surface area (Å²) in [5.41, 5.74) is 1.65. The van der Waals surface area contributed by atoms with Gasteiger partial charge in [0, 0.05) is 12.4 Å². The molecule has 2 aliphatic heterocycles. The average molecular weight is 202 g/mol. The normalized spacial score (nSPS) is 42.2. The summed E-state index contributed by atoms with van der Waals surface area (Å²) in [5.74, 6) is 0. The van der Waals surface area contributed by atoms with Gasteiger partial charge in [-0.1, -0.05) is 11.6 Å². The van der Waals surface area contributed by atoms with Crippen LogP contribution in [0.25, 0.3) is 0 Å². The molecule has 0 radical (unpaired) electrons. The van der Waals surface area contributed by atoms with Crippen molar-refractivity contribution in [2.75, 3.05) is 0 Å². The molecule has 3 rings (SSSR count). The summed E-state index contributed by atoms with van der Waals surface area (Å²) in [5, 5.41) is 0. The van der Waals surface area contributed by atoms with Gasteiger partial charge in [0.1, 0.15) is 11.0 Å². The lowest BCUT2D eigenvalue weighted by atomic mass is 10.2. The molecule has 1 aromatic rings. The van der Waals surface area contributed by atoms with Gasteiger partial charge in [0.2, 0.25) is 0 Å². The highest BCUT2D eigenvalue weighted by molar-refractivity contribution is 6.26. The predicted molar refractivity (Wildman–Crippen MR) is 44.8 cm³/mol. The van der Waals surface area contributed by atoms with Crippen molar-refractivity contribution in [2.45, 2.75) is 17.0 Å². The van der Waals surface area contributed by atoms with Crippen LogP contribution in [0.2, 0.25) is 0 Å². The smallest absolute Gasteiger partial charge is 0.132 e. The van der Waals surface area contributed by atoms with Gasteiger partial charge in [0.05, 0.1) is 17.4 Å². The standard InChI is InChI=1S/C7H5Cl2N3/c8-6-4-3(10-1-2-11-4)5-7(9)12(5)6/h1-2,5-7H. The van der Waals surface area contributed by atoms with Crippen LogP contribution in [-0.2, 0) is 0 Å². The van der Waals surface area contributed by atoms with E-state index < -0.39 is 0 Å². The van der Waals surface area contributed by atoms with E-state index in [4.69, 9.17) is 23.2 Å². The van der Waals surface area contributed by atoms with E-state index in [0.29, 0.717) is 0 Å². The topological polar surface area (TPSA) is 28.8 Å². The Kier molecular flexibility index (Phi) is 1.24. The molecule has 0 aromatic carbocycles. The molecule has 0 amide bonds. The maximum Gasteiger partial charge on any atom is 0.132 e. The average Bonchev–Trinajstić information content (AvgIpc) is 2.65. The van der Waals surface area contributed by atoms with Crippen molar-refractivity contribution < 1.29 is 0 Å². The number of aromatic nitrogens is 2. The Morgan fingerprint density at radius 1 is 1.17 bits per heavy atom. The molecule has 1 saturated heterocycles. The van der Waals surface area contributed by atoms with Crippen LogP contribution in [0.4, 0.5) is 0 Å². The molecule has 0 bridgehead atoms. The van der Waals surface area contributed by atoms with Gasteiger partial charge in [-0.3, -0.25) is 14.9 Å². The second-order valence-corrected chi connectivity index (χ2v) is 3.79. The molecule has 0 saturated carbocycles. The third-order valence-electron chi connectivity index (χ3n) is 2.30. The molecule has 0 N–H and O–H groups in total. The zero-order valence-electron chi connectivity index (χ0n) is 5.98. The lowest BCUT2D eigenvalue weighted by Crippen LogP contribution is -2.04. The van der Waals surface area contributed by atoms with Crippen LogP contribution >= 0.6 is 23.2 Å². The third-order valence-corrected chi connectivity index (χ3v) is 3.20. The summed E-state index contributed by atoms with van der Waals surface area (Å²) in [6.45, 7) is 0. The molecule has 0 spiro atoms. The van der Waals surface area contributed by atoms with Crippen LogP contribution in [-0.4, -0.2) is 20.4 Å². The molecule has 12 heavy (non-hydrogen) atoms. The lowest BCUT2D eigenvalue weighted by Gasteiger charge is -2.05. The van der Waals surface area contributed by atoms with Gasteiger partial charge >= 0.3 is 0 Å². The van der Waals surface area contributed by atoms with Crippen LogP contribution in [0.3, 0.4) is 0 Å². The van der Waals surface area contributed by atoms with Crippen LogP contribution in [0, 0.1) is 0 Å². The zero-order valence-corrected chi connectivity index (χ0v) is 7.50. The molecule has 62 valence electrons. The van der Waals surface area contributed by atoms with E-state index in [1.807, 2.05) is 4.90 Å². The zero-order chi connectivity index (χ0) is 8.29. The number of halogens is 2. The van der Waals surface area contributed by atoms with Gasteiger partial charge in [-0.05, 0) is 0 Å². The number of hydrogen-bond acceptors (Lipinski definition) is 3. The summed E-state index contributed by atoms with van der Waals surface area (Å²) in [6, 6.07) is 0.206. The second-order valence-electron chi connectivity index (χ2n) is 2.93. The largest absolute Gasteiger partial charge is 0.256 e. The Morgan fingerprint density at radius 3 is 2.58 bits per heavy atom. The monoisotopic (exact) mass is 201 g/mol. The highest BCUT2D eigenvalue weighted by Gasteiger charge is 2.59. The minimum absolute atomic E-state index is 0.0247. The summed E-state index contributed by atoms with van der Waals surface area (Å²) in [7, 11) is 0. The first-order chi connectivity index (χ1) is 5.80.